The van der Waals surface area contributed by atoms with Gasteiger partial charge in [0.05, 0.1) is 10.5 Å². The van der Waals surface area contributed by atoms with Gasteiger partial charge in [0.25, 0.3) is 5.69 Å². The summed E-state index contributed by atoms with van der Waals surface area (Å²) in [5, 5.41) is 10.4. The molecule has 1 rings (SSSR count). The quantitative estimate of drug-likeness (QED) is 0.442. The standard InChI is InChI=1S/C12H15NO5/c1-3-11(4-2)17-18-12(14)9-5-7-10(8-6-9)13(15)16/h5-8,11H,3-4H2,1-2H3. The second-order valence-electron chi connectivity index (χ2n) is 3.71. The maximum atomic E-state index is 11.5. The van der Waals surface area contributed by atoms with Crippen molar-refractivity contribution < 1.29 is 19.5 Å². The second-order valence-corrected chi connectivity index (χ2v) is 3.71. The molecule has 0 unspecified atom stereocenters. The molecule has 0 radical (unpaired) electrons. The van der Waals surface area contributed by atoms with Crippen LogP contribution in [0.2, 0.25) is 0 Å². The fourth-order valence-corrected chi connectivity index (χ4v) is 1.30. The maximum absolute atomic E-state index is 11.5. The van der Waals surface area contributed by atoms with Crippen LogP contribution in [0, 0.1) is 10.1 Å². The number of carbonyl (C=O) groups excluding carboxylic acids is 1. The lowest BCUT2D eigenvalue weighted by Crippen LogP contribution is -2.15. The third kappa shape index (κ3) is 3.81. The van der Waals surface area contributed by atoms with Crippen LogP contribution in [0.4, 0.5) is 5.69 Å². The molecule has 0 spiro atoms. The van der Waals surface area contributed by atoms with E-state index in [0.29, 0.717) is 0 Å². The average molecular weight is 253 g/mol. The summed E-state index contributed by atoms with van der Waals surface area (Å²) in [7, 11) is 0. The summed E-state index contributed by atoms with van der Waals surface area (Å²) < 4.78 is 0. The molecule has 0 saturated heterocycles. The Labute approximate surface area is 105 Å². The van der Waals surface area contributed by atoms with E-state index in [0.717, 1.165) is 12.8 Å². The Morgan fingerprint density at radius 1 is 1.28 bits per heavy atom. The van der Waals surface area contributed by atoms with Gasteiger partial charge in [-0.05, 0) is 25.0 Å². The van der Waals surface area contributed by atoms with Gasteiger partial charge in [0.1, 0.15) is 6.10 Å². The predicted molar refractivity (Wildman–Crippen MR) is 64.0 cm³/mol. The SMILES string of the molecule is CCC(CC)OOC(=O)c1ccc([N+](=O)[O-])cc1. The minimum atomic E-state index is -0.656. The van der Waals surface area contributed by atoms with E-state index in [9.17, 15) is 14.9 Å². The molecule has 0 saturated carbocycles. The van der Waals surface area contributed by atoms with Crippen LogP contribution in [0.25, 0.3) is 0 Å². The van der Waals surface area contributed by atoms with Gasteiger partial charge in [-0.2, -0.15) is 4.89 Å². The number of carbonyl (C=O) groups is 1. The van der Waals surface area contributed by atoms with E-state index in [1.54, 1.807) is 0 Å². The van der Waals surface area contributed by atoms with Gasteiger partial charge < -0.3 is 0 Å². The summed E-state index contributed by atoms with van der Waals surface area (Å²) in [5.41, 5.74) is 0.138. The second kappa shape index (κ2) is 6.70. The molecule has 0 fully saturated rings. The Kier molecular flexibility index (Phi) is 5.26. The van der Waals surface area contributed by atoms with E-state index >= 15 is 0 Å². The molecule has 0 atom stereocenters. The first-order valence-electron chi connectivity index (χ1n) is 5.70. The summed E-state index contributed by atoms with van der Waals surface area (Å²) in [5.74, 6) is -0.656. The number of hydrogen-bond donors (Lipinski definition) is 0. The van der Waals surface area contributed by atoms with Crippen molar-refractivity contribution >= 4 is 11.7 Å². The van der Waals surface area contributed by atoms with Crippen LogP contribution in [0.3, 0.4) is 0 Å². The predicted octanol–water partition coefficient (Wildman–Crippen LogP) is 2.87. The first-order chi connectivity index (χ1) is 8.58. The molecule has 0 amide bonds. The highest BCUT2D eigenvalue weighted by molar-refractivity contribution is 5.89. The van der Waals surface area contributed by atoms with Gasteiger partial charge in [-0.1, -0.05) is 13.8 Å². The van der Waals surface area contributed by atoms with Gasteiger partial charge in [0.2, 0.25) is 0 Å². The van der Waals surface area contributed by atoms with Gasteiger partial charge in [0, 0.05) is 12.1 Å². The van der Waals surface area contributed by atoms with Gasteiger partial charge in [-0.25, -0.2) is 4.79 Å². The zero-order chi connectivity index (χ0) is 13.5. The summed E-state index contributed by atoms with van der Waals surface area (Å²) in [4.78, 5) is 31.1. The summed E-state index contributed by atoms with van der Waals surface area (Å²) in [6, 6.07) is 5.15. The minimum absolute atomic E-state index is 0.0764. The van der Waals surface area contributed by atoms with E-state index in [1.807, 2.05) is 13.8 Å². The lowest BCUT2D eigenvalue weighted by molar-refractivity contribution is -0.384. The van der Waals surface area contributed by atoms with E-state index in [4.69, 9.17) is 4.89 Å². The first-order valence-corrected chi connectivity index (χ1v) is 5.70. The molecule has 0 aromatic heterocycles. The monoisotopic (exact) mass is 253 g/mol. The molecular weight excluding hydrogens is 238 g/mol. The third-order valence-corrected chi connectivity index (χ3v) is 2.48. The van der Waals surface area contributed by atoms with Gasteiger partial charge in [-0.15, -0.1) is 0 Å². The number of benzene rings is 1. The number of nitrogens with zero attached hydrogens (tertiary/aromatic N) is 1. The Morgan fingerprint density at radius 3 is 2.28 bits per heavy atom. The lowest BCUT2D eigenvalue weighted by Gasteiger charge is -2.11. The van der Waals surface area contributed by atoms with Crippen LogP contribution >= 0.6 is 0 Å². The van der Waals surface area contributed by atoms with Crippen LogP contribution < -0.4 is 0 Å². The van der Waals surface area contributed by atoms with Crippen LogP contribution in [-0.4, -0.2) is 17.0 Å². The van der Waals surface area contributed by atoms with Gasteiger partial charge in [-0.3, -0.25) is 15.0 Å². The Balaban J connectivity index is 2.59. The Hall–Kier alpha value is -1.95. The van der Waals surface area contributed by atoms with Crippen molar-refractivity contribution in [3.8, 4) is 0 Å². The molecule has 0 aliphatic carbocycles. The molecule has 0 aliphatic rings. The van der Waals surface area contributed by atoms with Crippen LogP contribution in [0.5, 0.6) is 0 Å². The molecule has 0 bridgehead atoms. The molecular formula is C12H15NO5. The summed E-state index contributed by atoms with van der Waals surface area (Å²) in [6.45, 7) is 3.85. The fourth-order valence-electron chi connectivity index (χ4n) is 1.30. The zero-order valence-electron chi connectivity index (χ0n) is 10.3. The Bertz CT molecular complexity index is 411. The molecule has 0 N–H and O–H groups in total. The van der Waals surface area contributed by atoms with E-state index in [-0.39, 0.29) is 17.4 Å². The van der Waals surface area contributed by atoms with Crippen molar-refractivity contribution in [2.45, 2.75) is 32.8 Å². The average Bonchev–Trinajstić information content (AvgIpc) is 2.39. The molecule has 0 heterocycles. The number of hydrogen-bond acceptors (Lipinski definition) is 5. The number of nitro groups is 1. The summed E-state index contributed by atoms with van der Waals surface area (Å²) >= 11 is 0. The fraction of sp³-hybridized carbons (Fsp3) is 0.417. The highest BCUT2D eigenvalue weighted by atomic mass is 17.2. The van der Waals surface area contributed by atoms with E-state index in [1.165, 1.54) is 24.3 Å². The number of nitro benzene ring substituents is 1. The lowest BCUT2D eigenvalue weighted by atomic mass is 10.2. The van der Waals surface area contributed by atoms with Crippen LogP contribution in [0.15, 0.2) is 24.3 Å². The number of non-ortho nitro benzene ring substituents is 1. The van der Waals surface area contributed by atoms with E-state index in [2.05, 4.69) is 4.89 Å². The molecule has 0 aliphatic heterocycles. The molecule has 18 heavy (non-hydrogen) atoms. The molecule has 1 aromatic rings. The normalized spacial score (nSPS) is 10.4. The molecule has 6 nitrogen and oxygen atoms in total. The van der Waals surface area contributed by atoms with Crippen molar-refractivity contribution in [1.82, 2.24) is 0 Å². The topological polar surface area (TPSA) is 78.7 Å². The highest BCUT2D eigenvalue weighted by Crippen LogP contribution is 2.13. The molecule has 98 valence electrons. The zero-order valence-corrected chi connectivity index (χ0v) is 10.3. The summed E-state index contributed by atoms with van der Waals surface area (Å²) in [6.07, 6.45) is 1.35. The third-order valence-electron chi connectivity index (χ3n) is 2.48. The van der Waals surface area contributed by atoms with Gasteiger partial charge in [0.15, 0.2) is 0 Å². The highest BCUT2D eigenvalue weighted by Gasteiger charge is 2.13. The smallest absolute Gasteiger partial charge is 0.293 e. The van der Waals surface area contributed by atoms with E-state index < -0.39 is 10.9 Å². The molecule has 6 heteroatoms. The Morgan fingerprint density at radius 2 is 1.83 bits per heavy atom. The van der Waals surface area contributed by atoms with Crippen molar-refractivity contribution in [3.05, 3.63) is 39.9 Å². The van der Waals surface area contributed by atoms with Gasteiger partial charge >= 0.3 is 5.97 Å². The first kappa shape index (κ1) is 14.1. The van der Waals surface area contributed by atoms with Crippen molar-refractivity contribution in [1.29, 1.82) is 0 Å². The number of rotatable bonds is 6. The van der Waals surface area contributed by atoms with Crippen molar-refractivity contribution in [2.75, 3.05) is 0 Å². The minimum Gasteiger partial charge on any atom is -0.293 e. The van der Waals surface area contributed by atoms with Crippen molar-refractivity contribution in [2.24, 2.45) is 0 Å². The van der Waals surface area contributed by atoms with Crippen LogP contribution in [-0.2, 0) is 9.78 Å². The van der Waals surface area contributed by atoms with Crippen molar-refractivity contribution in [3.63, 3.8) is 0 Å². The van der Waals surface area contributed by atoms with Crippen LogP contribution in [0.1, 0.15) is 37.0 Å². The largest absolute Gasteiger partial charge is 0.373 e. The molecule has 1 aromatic carbocycles. The maximum Gasteiger partial charge on any atom is 0.373 e.